The highest BCUT2D eigenvalue weighted by Gasteiger charge is 2.69. The quantitative estimate of drug-likeness (QED) is 0.274. The third-order valence-electron chi connectivity index (χ3n) is 9.13. The molecule has 0 spiro atoms. The van der Waals surface area contributed by atoms with Crippen molar-refractivity contribution in [1.29, 1.82) is 0 Å². The van der Waals surface area contributed by atoms with Gasteiger partial charge in [0.2, 0.25) is 11.8 Å². The van der Waals surface area contributed by atoms with Crippen molar-refractivity contribution < 1.29 is 9.59 Å². The maximum atomic E-state index is 13.9. The first kappa shape index (κ1) is 23.7. The maximum Gasteiger partial charge on any atom is 0.312 e. The van der Waals surface area contributed by atoms with Crippen LogP contribution in [0.1, 0.15) is 22.8 Å². The van der Waals surface area contributed by atoms with E-state index in [-0.39, 0.29) is 57.4 Å². The first-order valence-electron chi connectivity index (χ1n) is 13.2. The highest BCUT2D eigenvalue weighted by Crippen LogP contribution is 2.69. The van der Waals surface area contributed by atoms with E-state index < -0.39 is 0 Å². The van der Waals surface area contributed by atoms with Gasteiger partial charge >= 0.3 is 4.87 Å². The molecule has 39 heavy (non-hydrogen) atoms. The molecule has 2 saturated carbocycles. The smallest absolute Gasteiger partial charge is 0.274 e. The summed E-state index contributed by atoms with van der Waals surface area (Å²) in [4.78, 5) is 43.7. The lowest BCUT2D eigenvalue weighted by Crippen LogP contribution is -2.43. The number of nitrogens with zero attached hydrogens (tertiary/aromatic N) is 2. The van der Waals surface area contributed by atoms with Gasteiger partial charge in [-0.05, 0) is 66.1 Å². The highest BCUT2D eigenvalue weighted by atomic mass is 35.5. The molecule has 0 unspecified atom stereocenters. The molecule has 194 valence electrons. The summed E-state index contributed by atoms with van der Waals surface area (Å²) >= 11 is 9.17. The van der Waals surface area contributed by atoms with Crippen LogP contribution in [0, 0.1) is 29.6 Å². The van der Waals surface area contributed by atoms with Gasteiger partial charge in [-0.25, -0.2) is 0 Å². The topological polar surface area (TPSA) is 59.4 Å². The minimum absolute atomic E-state index is 0.00760. The first-order valence-corrected chi connectivity index (χ1v) is 15.3. The van der Waals surface area contributed by atoms with Gasteiger partial charge in [0.1, 0.15) is 0 Å². The van der Waals surface area contributed by atoms with Crippen LogP contribution in [0.2, 0.25) is 5.02 Å². The number of halogens is 1. The van der Waals surface area contributed by atoms with E-state index in [4.69, 9.17) is 11.6 Å². The van der Waals surface area contributed by atoms with E-state index >= 15 is 0 Å². The van der Waals surface area contributed by atoms with E-state index in [0.717, 1.165) is 22.0 Å². The van der Waals surface area contributed by atoms with Gasteiger partial charge in [0.25, 0.3) is 0 Å². The minimum Gasteiger partial charge on any atom is -0.274 e. The fourth-order valence-corrected chi connectivity index (χ4v) is 11.0. The summed E-state index contributed by atoms with van der Waals surface area (Å²) in [7, 11) is 0. The molecule has 0 radical (unpaired) electrons. The average Bonchev–Trinajstić information content (AvgIpc) is 3.68. The number of thiazole rings is 1. The molecule has 7 atom stereocenters. The lowest BCUT2D eigenvalue weighted by atomic mass is 9.68. The summed E-state index contributed by atoms with van der Waals surface area (Å²) in [6.07, 6.45) is 0.872. The van der Waals surface area contributed by atoms with Gasteiger partial charge in [0, 0.05) is 21.1 Å². The molecular formula is C31H23ClN2O3S2. The molecule has 8 rings (SSSR count). The number of carbonyl (C=O) groups excluding carboxylic acids is 2. The Bertz CT molecular complexity index is 1680. The largest absolute Gasteiger partial charge is 0.312 e. The standard InChI is InChI=1S/C31H23ClN2O3S2/c32-17-11-13-19(14-12-17)33-28(35)24-20-15-21(25(24)29(33)36)26-23(20)22(16-7-3-1-4-8-16)27-30(38-26)34(31(37)39-27)18-9-5-2-6-10-18/h1-14,20-26H,15H2/t20-,21-,22+,23-,24+,25+,26-/m1/s1. The van der Waals surface area contributed by atoms with Crippen molar-refractivity contribution >= 4 is 52.2 Å². The molecule has 8 heteroatoms. The summed E-state index contributed by atoms with van der Waals surface area (Å²) < 4.78 is 1.85. The lowest BCUT2D eigenvalue weighted by molar-refractivity contribution is -0.123. The number of para-hydroxylation sites is 1. The Labute approximate surface area is 238 Å². The summed E-state index contributed by atoms with van der Waals surface area (Å²) in [6.45, 7) is 0. The molecule has 2 aliphatic heterocycles. The maximum absolute atomic E-state index is 13.9. The normalized spacial score (nSPS) is 30.4. The Hall–Kier alpha value is -3.13. The van der Waals surface area contributed by atoms with Gasteiger partial charge in [-0.3, -0.25) is 23.9 Å². The second-order valence-corrected chi connectivity index (χ2v) is 13.5. The molecule has 3 aromatic carbocycles. The Morgan fingerprint density at radius 2 is 1.38 bits per heavy atom. The summed E-state index contributed by atoms with van der Waals surface area (Å²) in [5.74, 6) is -0.447. The molecule has 1 aromatic heterocycles. The number of rotatable bonds is 3. The molecule has 3 heterocycles. The van der Waals surface area contributed by atoms with Gasteiger partial charge in [-0.2, -0.15) is 0 Å². The van der Waals surface area contributed by atoms with Crippen molar-refractivity contribution in [2.24, 2.45) is 29.6 Å². The van der Waals surface area contributed by atoms with Crippen LogP contribution in [-0.4, -0.2) is 21.6 Å². The first-order chi connectivity index (χ1) is 19.0. The molecule has 0 N–H and O–H groups in total. The number of amides is 2. The van der Waals surface area contributed by atoms with Crippen LogP contribution in [0.5, 0.6) is 0 Å². The number of hydrogen-bond acceptors (Lipinski definition) is 5. The second kappa shape index (κ2) is 8.68. The van der Waals surface area contributed by atoms with E-state index in [1.807, 2.05) is 53.1 Å². The van der Waals surface area contributed by atoms with Gasteiger partial charge in [-0.15, -0.1) is 11.8 Å². The highest BCUT2D eigenvalue weighted by molar-refractivity contribution is 8.00. The molecule has 4 aromatic rings. The summed E-state index contributed by atoms with van der Waals surface area (Å²) in [5, 5.41) is 1.71. The van der Waals surface area contributed by atoms with E-state index in [0.29, 0.717) is 10.7 Å². The molecule has 2 amide bonds. The molecular weight excluding hydrogens is 548 g/mol. The molecule has 4 aliphatic rings. The Kier molecular flexibility index (Phi) is 5.28. The van der Waals surface area contributed by atoms with Crippen molar-refractivity contribution in [3.05, 3.63) is 110 Å². The number of imide groups is 1. The van der Waals surface area contributed by atoms with Gasteiger partial charge < -0.3 is 0 Å². The number of aromatic nitrogens is 1. The number of thioether (sulfide) groups is 1. The van der Waals surface area contributed by atoms with Crippen molar-refractivity contribution in [3.8, 4) is 5.69 Å². The minimum atomic E-state index is -0.319. The Morgan fingerprint density at radius 3 is 2.08 bits per heavy atom. The molecule has 2 bridgehead atoms. The van der Waals surface area contributed by atoms with Crippen LogP contribution in [0.25, 0.3) is 5.69 Å². The van der Waals surface area contributed by atoms with Crippen molar-refractivity contribution in [1.82, 2.24) is 4.57 Å². The van der Waals surface area contributed by atoms with Crippen LogP contribution in [0.15, 0.2) is 94.7 Å². The zero-order valence-corrected chi connectivity index (χ0v) is 23.0. The lowest BCUT2D eigenvalue weighted by Gasteiger charge is -2.43. The number of carbonyl (C=O) groups is 2. The third-order valence-corrected chi connectivity index (χ3v) is 12.1. The predicted molar refractivity (Wildman–Crippen MR) is 154 cm³/mol. The van der Waals surface area contributed by atoms with Crippen molar-refractivity contribution in [3.63, 3.8) is 0 Å². The third kappa shape index (κ3) is 3.30. The second-order valence-electron chi connectivity index (χ2n) is 10.9. The Balaban J connectivity index is 1.26. The zero-order valence-electron chi connectivity index (χ0n) is 20.6. The van der Waals surface area contributed by atoms with E-state index in [9.17, 15) is 14.4 Å². The molecule has 5 nitrogen and oxygen atoms in total. The van der Waals surface area contributed by atoms with Crippen molar-refractivity contribution in [2.75, 3.05) is 4.90 Å². The average molecular weight is 571 g/mol. The summed E-state index contributed by atoms with van der Waals surface area (Å²) in [6, 6.07) is 27.1. The molecule has 3 fully saturated rings. The van der Waals surface area contributed by atoms with Gasteiger partial charge in [0.05, 0.1) is 28.2 Å². The molecule has 2 aliphatic carbocycles. The van der Waals surface area contributed by atoms with E-state index in [1.165, 1.54) is 21.8 Å². The fraction of sp³-hybridized carbons (Fsp3) is 0.258. The van der Waals surface area contributed by atoms with Gasteiger partial charge in [-0.1, -0.05) is 71.5 Å². The van der Waals surface area contributed by atoms with Crippen LogP contribution in [-0.2, 0) is 9.59 Å². The Morgan fingerprint density at radius 1 is 0.744 bits per heavy atom. The number of anilines is 1. The zero-order chi connectivity index (χ0) is 26.4. The molecule has 1 saturated heterocycles. The van der Waals surface area contributed by atoms with Crippen LogP contribution < -0.4 is 9.77 Å². The summed E-state index contributed by atoms with van der Waals surface area (Å²) in [5.41, 5.74) is 2.63. The van der Waals surface area contributed by atoms with Crippen LogP contribution in [0.4, 0.5) is 5.69 Å². The van der Waals surface area contributed by atoms with E-state index in [1.54, 1.807) is 36.0 Å². The van der Waals surface area contributed by atoms with Crippen LogP contribution in [0.3, 0.4) is 0 Å². The monoisotopic (exact) mass is 570 g/mol. The van der Waals surface area contributed by atoms with Crippen LogP contribution >= 0.6 is 34.7 Å². The van der Waals surface area contributed by atoms with Crippen molar-refractivity contribution in [2.45, 2.75) is 22.6 Å². The predicted octanol–water partition coefficient (Wildman–Crippen LogP) is 6.23. The fourth-order valence-electron chi connectivity index (χ4n) is 7.75. The van der Waals surface area contributed by atoms with E-state index in [2.05, 4.69) is 12.1 Å². The number of benzene rings is 3. The number of fused-ring (bicyclic) bond motifs is 9. The SMILES string of the molecule is O=C1[C@H]2[C@H]3C[C@@H]([C@@H]2C(=O)N1c1ccc(Cl)cc1)[C@@H]1[C@H](c2ccccc2)c2sc(=O)n(-c4ccccc4)c2S[C@H]31. The van der Waals surface area contributed by atoms with Gasteiger partial charge in [0.15, 0.2) is 0 Å². The number of hydrogen-bond donors (Lipinski definition) is 0.